The van der Waals surface area contributed by atoms with Gasteiger partial charge in [-0.3, -0.25) is 4.79 Å². The van der Waals surface area contributed by atoms with Crippen LogP contribution in [0.15, 0.2) is 48.5 Å². The molecule has 1 atom stereocenters. The highest BCUT2D eigenvalue weighted by molar-refractivity contribution is 5.95. The van der Waals surface area contributed by atoms with E-state index in [-0.39, 0.29) is 11.9 Å². The van der Waals surface area contributed by atoms with Gasteiger partial charge in [0.05, 0.1) is 20.3 Å². The zero-order chi connectivity index (χ0) is 17.5. The monoisotopic (exact) mass is 328 g/mol. The van der Waals surface area contributed by atoms with Gasteiger partial charge >= 0.3 is 0 Å². The van der Waals surface area contributed by atoms with Crippen LogP contribution in [0.5, 0.6) is 11.5 Å². The van der Waals surface area contributed by atoms with E-state index in [0.29, 0.717) is 23.6 Å². The Balaban J connectivity index is 2.21. The number of methoxy groups -OCH3 is 2. The lowest BCUT2D eigenvalue weighted by Gasteiger charge is -2.23. The normalized spacial score (nSPS) is 11.9. The fourth-order valence-corrected chi connectivity index (χ4v) is 2.50. The Morgan fingerprint density at radius 2 is 1.71 bits per heavy atom. The average Bonchev–Trinajstić information content (AvgIpc) is 2.60. The molecule has 2 aromatic rings. The van der Waals surface area contributed by atoms with Crippen LogP contribution in [0.3, 0.4) is 0 Å². The molecule has 0 aliphatic heterocycles. The average molecular weight is 328 g/mol. The lowest BCUT2D eigenvalue weighted by Crippen LogP contribution is -2.35. The number of nitrogens with one attached hydrogen (secondary N) is 1. The van der Waals surface area contributed by atoms with Crippen molar-refractivity contribution in [1.82, 2.24) is 10.2 Å². The largest absolute Gasteiger partial charge is 0.493 e. The molecule has 0 saturated carbocycles. The van der Waals surface area contributed by atoms with Gasteiger partial charge in [0.1, 0.15) is 0 Å². The maximum atomic E-state index is 12.7. The quantitative estimate of drug-likeness (QED) is 0.849. The molecule has 0 saturated heterocycles. The number of hydrogen-bond donors (Lipinski definition) is 1. The number of rotatable bonds is 7. The van der Waals surface area contributed by atoms with Gasteiger partial charge in [0, 0.05) is 12.1 Å². The van der Waals surface area contributed by atoms with Crippen LogP contribution in [-0.4, -0.2) is 45.7 Å². The minimum absolute atomic E-state index is 0.0956. The highest BCUT2D eigenvalue weighted by Gasteiger charge is 2.17. The number of carbonyl (C=O) groups excluding carboxylic acids is 1. The van der Waals surface area contributed by atoms with Crippen LogP contribution in [-0.2, 0) is 0 Å². The molecule has 5 heteroatoms. The standard InChI is InChI=1S/C19H24N2O3/c1-21(2)13-16(14-8-6-5-7-9-14)20-19(22)15-10-11-17(23-3)18(12-15)24-4/h5-12,16H,13H2,1-4H3,(H,20,22)/t16-/m0/s1. The molecular weight excluding hydrogens is 304 g/mol. The molecule has 0 aliphatic rings. The SMILES string of the molecule is COc1ccc(C(=O)N[C@@H](CN(C)C)c2ccccc2)cc1OC. The molecule has 0 unspecified atom stereocenters. The van der Waals surface area contributed by atoms with Crippen molar-refractivity contribution in [2.45, 2.75) is 6.04 Å². The Bertz CT molecular complexity index is 672. The Morgan fingerprint density at radius 3 is 2.29 bits per heavy atom. The summed E-state index contributed by atoms with van der Waals surface area (Å²) >= 11 is 0. The van der Waals surface area contributed by atoms with Gasteiger partial charge in [-0.05, 0) is 37.9 Å². The maximum Gasteiger partial charge on any atom is 0.251 e. The first-order valence-electron chi connectivity index (χ1n) is 7.77. The van der Waals surface area contributed by atoms with E-state index in [1.165, 1.54) is 0 Å². The van der Waals surface area contributed by atoms with E-state index >= 15 is 0 Å². The molecule has 0 spiro atoms. The number of amides is 1. The van der Waals surface area contributed by atoms with Crippen LogP contribution >= 0.6 is 0 Å². The second kappa shape index (κ2) is 8.36. The van der Waals surface area contributed by atoms with Crippen molar-refractivity contribution >= 4 is 5.91 Å². The molecule has 128 valence electrons. The third-order valence-electron chi connectivity index (χ3n) is 3.70. The van der Waals surface area contributed by atoms with Gasteiger partial charge in [-0.2, -0.15) is 0 Å². The molecule has 0 bridgehead atoms. The van der Waals surface area contributed by atoms with Crippen LogP contribution in [0.1, 0.15) is 22.0 Å². The number of hydrogen-bond acceptors (Lipinski definition) is 4. The van der Waals surface area contributed by atoms with Crippen LogP contribution < -0.4 is 14.8 Å². The Kier molecular flexibility index (Phi) is 6.21. The maximum absolute atomic E-state index is 12.7. The van der Waals surface area contributed by atoms with Crippen LogP contribution in [0, 0.1) is 0 Å². The van der Waals surface area contributed by atoms with Crippen LogP contribution in [0.4, 0.5) is 0 Å². The molecule has 0 heterocycles. The van der Waals surface area contributed by atoms with Crippen molar-refractivity contribution in [1.29, 1.82) is 0 Å². The zero-order valence-electron chi connectivity index (χ0n) is 14.6. The summed E-state index contributed by atoms with van der Waals surface area (Å²) in [6.45, 7) is 0.711. The third-order valence-corrected chi connectivity index (χ3v) is 3.70. The third kappa shape index (κ3) is 4.49. The first kappa shape index (κ1) is 17.8. The van der Waals surface area contributed by atoms with Crippen molar-refractivity contribution in [3.8, 4) is 11.5 Å². The van der Waals surface area contributed by atoms with E-state index in [2.05, 4.69) is 5.32 Å². The molecule has 0 fully saturated rings. The summed E-state index contributed by atoms with van der Waals surface area (Å²) in [4.78, 5) is 14.7. The predicted molar refractivity (Wildman–Crippen MR) is 94.7 cm³/mol. The summed E-state index contributed by atoms with van der Waals surface area (Å²) in [5.41, 5.74) is 1.60. The Morgan fingerprint density at radius 1 is 1.04 bits per heavy atom. The highest BCUT2D eigenvalue weighted by atomic mass is 16.5. The Hall–Kier alpha value is -2.53. The fourth-order valence-electron chi connectivity index (χ4n) is 2.50. The van der Waals surface area contributed by atoms with Gasteiger partial charge < -0.3 is 19.7 Å². The summed E-state index contributed by atoms with van der Waals surface area (Å²) in [7, 11) is 7.09. The lowest BCUT2D eigenvalue weighted by molar-refractivity contribution is 0.0929. The molecule has 24 heavy (non-hydrogen) atoms. The molecule has 1 amide bonds. The summed E-state index contributed by atoms with van der Waals surface area (Å²) in [6, 6.07) is 15.0. The first-order chi connectivity index (χ1) is 11.5. The first-order valence-corrected chi connectivity index (χ1v) is 7.77. The van der Waals surface area contributed by atoms with E-state index < -0.39 is 0 Å². The van der Waals surface area contributed by atoms with Crippen molar-refractivity contribution in [2.75, 3.05) is 34.9 Å². The van der Waals surface area contributed by atoms with E-state index in [4.69, 9.17) is 9.47 Å². The summed E-state index contributed by atoms with van der Waals surface area (Å²) in [5, 5.41) is 3.09. The summed E-state index contributed by atoms with van der Waals surface area (Å²) in [5.74, 6) is 0.989. The molecule has 0 radical (unpaired) electrons. The van der Waals surface area contributed by atoms with E-state index in [1.54, 1.807) is 32.4 Å². The molecule has 2 rings (SSSR count). The topological polar surface area (TPSA) is 50.8 Å². The van der Waals surface area contributed by atoms with Crippen molar-refractivity contribution in [3.63, 3.8) is 0 Å². The molecular formula is C19H24N2O3. The predicted octanol–water partition coefficient (Wildman–Crippen LogP) is 2.74. The summed E-state index contributed by atoms with van der Waals surface area (Å²) in [6.07, 6.45) is 0. The van der Waals surface area contributed by atoms with Crippen molar-refractivity contribution < 1.29 is 14.3 Å². The fraction of sp³-hybridized carbons (Fsp3) is 0.316. The molecule has 2 aromatic carbocycles. The number of nitrogens with zero attached hydrogens (tertiary/aromatic N) is 1. The molecule has 0 aliphatic carbocycles. The van der Waals surface area contributed by atoms with E-state index in [9.17, 15) is 4.79 Å². The number of carbonyl (C=O) groups is 1. The van der Waals surface area contributed by atoms with E-state index in [1.807, 2.05) is 49.3 Å². The summed E-state index contributed by atoms with van der Waals surface area (Å²) < 4.78 is 10.5. The van der Waals surface area contributed by atoms with Gasteiger partial charge in [0.15, 0.2) is 11.5 Å². The Labute approximate surface area is 143 Å². The molecule has 5 nitrogen and oxygen atoms in total. The molecule has 1 N–H and O–H groups in total. The number of likely N-dealkylation sites (N-methyl/N-ethyl adjacent to an activating group) is 1. The zero-order valence-corrected chi connectivity index (χ0v) is 14.6. The van der Waals surface area contributed by atoms with E-state index in [0.717, 1.165) is 5.56 Å². The smallest absolute Gasteiger partial charge is 0.251 e. The second-order valence-electron chi connectivity index (χ2n) is 5.77. The minimum atomic E-state index is -0.147. The van der Waals surface area contributed by atoms with Gasteiger partial charge in [-0.25, -0.2) is 0 Å². The minimum Gasteiger partial charge on any atom is -0.493 e. The highest BCUT2D eigenvalue weighted by Crippen LogP contribution is 2.27. The van der Waals surface area contributed by atoms with Crippen LogP contribution in [0.25, 0.3) is 0 Å². The number of ether oxygens (including phenoxy) is 2. The van der Waals surface area contributed by atoms with Gasteiger partial charge in [-0.1, -0.05) is 30.3 Å². The lowest BCUT2D eigenvalue weighted by atomic mass is 10.1. The van der Waals surface area contributed by atoms with Gasteiger partial charge in [0.2, 0.25) is 0 Å². The van der Waals surface area contributed by atoms with Crippen molar-refractivity contribution in [3.05, 3.63) is 59.7 Å². The van der Waals surface area contributed by atoms with Crippen LogP contribution in [0.2, 0.25) is 0 Å². The van der Waals surface area contributed by atoms with Gasteiger partial charge in [0.25, 0.3) is 5.91 Å². The van der Waals surface area contributed by atoms with Crippen molar-refractivity contribution in [2.24, 2.45) is 0 Å². The molecule has 0 aromatic heterocycles. The second-order valence-corrected chi connectivity index (χ2v) is 5.77. The van der Waals surface area contributed by atoms with Gasteiger partial charge in [-0.15, -0.1) is 0 Å². The number of benzene rings is 2.